The molecule has 1 N–H and O–H groups in total. The predicted octanol–water partition coefficient (Wildman–Crippen LogP) is 1.95. The van der Waals surface area contributed by atoms with E-state index in [1.807, 2.05) is 11.7 Å². The van der Waals surface area contributed by atoms with Gasteiger partial charge in [0.25, 0.3) is 0 Å². The number of nitrogens with zero attached hydrogens (tertiary/aromatic N) is 3. The number of aromatic nitrogens is 2. The lowest BCUT2D eigenvalue weighted by molar-refractivity contribution is 0.359. The van der Waals surface area contributed by atoms with Crippen molar-refractivity contribution < 1.29 is 0 Å². The van der Waals surface area contributed by atoms with Crippen LogP contribution in [-0.2, 0) is 13.5 Å². The summed E-state index contributed by atoms with van der Waals surface area (Å²) < 4.78 is 1.97. The summed E-state index contributed by atoms with van der Waals surface area (Å²) in [5.41, 5.74) is 2.61. The van der Waals surface area contributed by atoms with Crippen LogP contribution in [0.3, 0.4) is 0 Å². The Morgan fingerprint density at radius 2 is 2.16 bits per heavy atom. The first-order chi connectivity index (χ1) is 9.22. The normalized spacial score (nSPS) is 27.8. The van der Waals surface area contributed by atoms with Crippen LogP contribution in [0.25, 0.3) is 0 Å². The maximum atomic E-state index is 4.61. The zero-order chi connectivity index (χ0) is 13.4. The molecule has 2 unspecified atom stereocenters. The van der Waals surface area contributed by atoms with Crippen molar-refractivity contribution in [1.82, 2.24) is 15.1 Å². The fourth-order valence-electron chi connectivity index (χ4n) is 3.31. The molecule has 2 atom stereocenters. The van der Waals surface area contributed by atoms with Crippen LogP contribution in [0.5, 0.6) is 0 Å². The highest BCUT2D eigenvalue weighted by Crippen LogP contribution is 2.36. The molecule has 0 spiro atoms. The molecule has 1 aromatic heterocycles. The third-order valence-corrected chi connectivity index (χ3v) is 4.64. The van der Waals surface area contributed by atoms with Crippen molar-refractivity contribution in [1.29, 1.82) is 0 Å². The van der Waals surface area contributed by atoms with E-state index in [0.717, 1.165) is 25.4 Å². The molecule has 1 saturated heterocycles. The molecule has 0 bridgehead atoms. The number of hydrogen-bond acceptors (Lipinski definition) is 3. The SMILES string of the molecule is CCc1nn(C)cc1N1CC(C2CC2)NCC1CC. The first-order valence-electron chi connectivity index (χ1n) is 7.75. The lowest BCUT2D eigenvalue weighted by atomic mass is 10.0. The van der Waals surface area contributed by atoms with E-state index >= 15 is 0 Å². The zero-order valence-electron chi connectivity index (χ0n) is 12.4. The highest BCUT2D eigenvalue weighted by Gasteiger charge is 2.37. The summed E-state index contributed by atoms with van der Waals surface area (Å²) >= 11 is 0. The largest absolute Gasteiger partial charge is 0.363 e. The Morgan fingerprint density at radius 3 is 2.79 bits per heavy atom. The van der Waals surface area contributed by atoms with Crippen LogP contribution in [0, 0.1) is 5.92 Å². The van der Waals surface area contributed by atoms with Gasteiger partial charge in [0, 0.05) is 38.4 Å². The smallest absolute Gasteiger partial charge is 0.0855 e. The molecule has 19 heavy (non-hydrogen) atoms. The number of piperazine rings is 1. The summed E-state index contributed by atoms with van der Waals surface area (Å²) in [6.45, 7) is 6.77. The molecule has 2 fully saturated rings. The van der Waals surface area contributed by atoms with Gasteiger partial charge in [-0.2, -0.15) is 5.10 Å². The van der Waals surface area contributed by atoms with E-state index in [1.54, 1.807) is 0 Å². The van der Waals surface area contributed by atoms with Crippen LogP contribution in [-0.4, -0.2) is 35.0 Å². The molecule has 1 saturated carbocycles. The fraction of sp³-hybridized carbons (Fsp3) is 0.800. The van der Waals surface area contributed by atoms with E-state index < -0.39 is 0 Å². The van der Waals surface area contributed by atoms with Gasteiger partial charge in [-0.05, 0) is 31.6 Å². The maximum absolute atomic E-state index is 4.61. The molecule has 0 radical (unpaired) electrons. The lowest BCUT2D eigenvalue weighted by Crippen LogP contribution is -2.57. The molecule has 4 heteroatoms. The van der Waals surface area contributed by atoms with Crippen molar-refractivity contribution >= 4 is 5.69 Å². The average Bonchev–Trinajstić information content (AvgIpc) is 3.21. The second kappa shape index (κ2) is 5.16. The van der Waals surface area contributed by atoms with E-state index in [-0.39, 0.29) is 0 Å². The summed E-state index contributed by atoms with van der Waals surface area (Å²) in [4.78, 5) is 2.62. The summed E-state index contributed by atoms with van der Waals surface area (Å²) in [6, 6.07) is 1.30. The van der Waals surface area contributed by atoms with Crippen molar-refractivity contribution in [3.63, 3.8) is 0 Å². The van der Waals surface area contributed by atoms with E-state index in [2.05, 4.69) is 35.4 Å². The Labute approximate surface area is 116 Å². The quantitative estimate of drug-likeness (QED) is 0.900. The monoisotopic (exact) mass is 262 g/mol. The Balaban J connectivity index is 1.84. The molecule has 1 aromatic rings. The average molecular weight is 262 g/mol. The second-order valence-corrected chi connectivity index (χ2v) is 6.05. The van der Waals surface area contributed by atoms with Crippen molar-refractivity contribution in [2.45, 2.75) is 51.6 Å². The Morgan fingerprint density at radius 1 is 1.37 bits per heavy atom. The van der Waals surface area contributed by atoms with Gasteiger partial charge < -0.3 is 10.2 Å². The van der Waals surface area contributed by atoms with Crippen molar-refractivity contribution in [2.24, 2.45) is 13.0 Å². The number of anilines is 1. The van der Waals surface area contributed by atoms with E-state index in [1.165, 1.54) is 30.6 Å². The first-order valence-corrected chi connectivity index (χ1v) is 7.75. The number of aryl methyl sites for hydroxylation is 2. The van der Waals surface area contributed by atoms with Crippen LogP contribution < -0.4 is 10.2 Å². The minimum atomic E-state index is 0.615. The highest BCUT2D eigenvalue weighted by atomic mass is 15.3. The maximum Gasteiger partial charge on any atom is 0.0855 e. The molecular weight excluding hydrogens is 236 g/mol. The summed E-state index contributed by atoms with van der Waals surface area (Å²) in [6.07, 6.45) is 7.25. The molecule has 1 aliphatic carbocycles. The standard InChI is InChI=1S/C15H26N4/c1-4-12-8-16-14(11-6-7-11)9-19(12)15-10-18(3)17-13(15)5-2/h10-12,14,16H,4-9H2,1-3H3. The van der Waals surface area contributed by atoms with Crippen molar-refractivity contribution in [3.8, 4) is 0 Å². The summed E-state index contributed by atoms with van der Waals surface area (Å²) in [7, 11) is 2.03. The van der Waals surface area contributed by atoms with E-state index in [9.17, 15) is 0 Å². The molecule has 3 rings (SSSR count). The van der Waals surface area contributed by atoms with Gasteiger partial charge in [-0.1, -0.05) is 13.8 Å². The van der Waals surface area contributed by atoms with Gasteiger partial charge >= 0.3 is 0 Å². The van der Waals surface area contributed by atoms with Gasteiger partial charge in [0.05, 0.1) is 11.4 Å². The first kappa shape index (κ1) is 13.0. The van der Waals surface area contributed by atoms with Crippen molar-refractivity contribution in [3.05, 3.63) is 11.9 Å². The van der Waals surface area contributed by atoms with Crippen molar-refractivity contribution in [2.75, 3.05) is 18.0 Å². The third kappa shape index (κ3) is 2.50. The Hall–Kier alpha value is -1.03. The van der Waals surface area contributed by atoms with Gasteiger partial charge in [-0.3, -0.25) is 4.68 Å². The van der Waals surface area contributed by atoms with Gasteiger partial charge in [-0.15, -0.1) is 0 Å². The molecule has 1 aliphatic heterocycles. The van der Waals surface area contributed by atoms with Gasteiger partial charge in [-0.25, -0.2) is 0 Å². The molecule has 2 heterocycles. The van der Waals surface area contributed by atoms with Crippen LogP contribution in [0.2, 0.25) is 0 Å². The summed E-state index contributed by atoms with van der Waals surface area (Å²) in [5, 5.41) is 8.37. The minimum absolute atomic E-state index is 0.615. The van der Waals surface area contributed by atoms with Crippen LogP contribution in [0.4, 0.5) is 5.69 Å². The Bertz CT molecular complexity index is 435. The summed E-state index contributed by atoms with van der Waals surface area (Å²) in [5.74, 6) is 0.919. The predicted molar refractivity (Wildman–Crippen MR) is 78.5 cm³/mol. The number of nitrogens with one attached hydrogen (secondary N) is 1. The fourth-order valence-corrected chi connectivity index (χ4v) is 3.31. The van der Waals surface area contributed by atoms with Crippen LogP contribution in [0.15, 0.2) is 6.20 Å². The van der Waals surface area contributed by atoms with E-state index in [0.29, 0.717) is 12.1 Å². The molecule has 2 aliphatic rings. The van der Waals surface area contributed by atoms with Gasteiger partial charge in [0.15, 0.2) is 0 Å². The Kier molecular flexibility index (Phi) is 3.52. The topological polar surface area (TPSA) is 33.1 Å². The second-order valence-electron chi connectivity index (χ2n) is 6.05. The zero-order valence-corrected chi connectivity index (χ0v) is 12.4. The molecule has 0 aromatic carbocycles. The molecule has 0 amide bonds. The van der Waals surface area contributed by atoms with Gasteiger partial charge in [0.1, 0.15) is 0 Å². The van der Waals surface area contributed by atoms with Crippen LogP contribution >= 0.6 is 0 Å². The van der Waals surface area contributed by atoms with Gasteiger partial charge in [0.2, 0.25) is 0 Å². The number of rotatable bonds is 4. The lowest BCUT2D eigenvalue weighted by Gasteiger charge is -2.41. The van der Waals surface area contributed by atoms with Crippen LogP contribution in [0.1, 0.15) is 38.8 Å². The number of hydrogen-bond donors (Lipinski definition) is 1. The minimum Gasteiger partial charge on any atom is -0.363 e. The molecule has 106 valence electrons. The highest BCUT2D eigenvalue weighted by molar-refractivity contribution is 5.51. The van der Waals surface area contributed by atoms with E-state index in [4.69, 9.17) is 0 Å². The molecular formula is C15H26N4. The third-order valence-electron chi connectivity index (χ3n) is 4.64. The molecule has 4 nitrogen and oxygen atoms in total.